The van der Waals surface area contributed by atoms with Gasteiger partial charge < -0.3 is 10.4 Å². The molecule has 1 fully saturated rings. The molecule has 1 aromatic carbocycles. The van der Waals surface area contributed by atoms with E-state index in [0.717, 1.165) is 25.3 Å². The van der Waals surface area contributed by atoms with E-state index in [4.69, 9.17) is 0 Å². The number of aliphatic hydroxyl groups is 1. The van der Waals surface area contributed by atoms with Gasteiger partial charge in [-0.15, -0.1) is 0 Å². The Morgan fingerprint density at radius 1 is 1.25 bits per heavy atom. The molecule has 0 aromatic heterocycles. The van der Waals surface area contributed by atoms with Gasteiger partial charge in [-0.2, -0.15) is 0 Å². The van der Waals surface area contributed by atoms with Crippen molar-refractivity contribution < 1.29 is 13.9 Å². The van der Waals surface area contributed by atoms with Crippen LogP contribution >= 0.6 is 15.9 Å². The van der Waals surface area contributed by atoms with Crippen molar-refractivity contribution in [2.24, 2.45) is 0 Å². The Kier molecular flexibility index (Phi) is 3.44. The third kappa shape index (κ3) is 2.35. The second-order valence-electron chi connectivity index (χ2n) is 4.00. The van der Waals surface area contributed by atoms with E-state index < -0.39 is 17.7 Å². The number of hydrogen-bond donors (Lipinski definition) is 2. The number of rotatable bonds is 2. The van der Waals surface area contributed by atoms with Crippen LogP contribution in [0, 0.1) is 11.6 Å². The molecule has 0 heterocycles. The van der Waals surface area contributed by atoms with Crippen LogP contribution in [0.5, 0.6) is 0 Å². The fraction of sp³-hybridized carbons (Fsp3) is 0.455. The third-order valence-electron chi connectivity index (χ3n) is 2.83. The molecule has 2 atom stereocenters. The zero-order chi connectivity index (χ0) is 11.7. The van der Waals surface area contributed by atoms with Crippen LogP contribution < -0.4 is 5.32 Å². The van der Waals surface area contributed by atoms with Crippen molar-refractivity contribution in [3.8, 4) is 0 Å². The summed E-state index contributed by atoms with van der Waals surface area (Å²) in [5.41, 5.74) is 0.222. The van der Waals surface area contributed by atoms with E-state index in [1.807, 2.05) is 0 Å². The summed E-state index contributed by atoms with van der Waals surface area (Å²) in [6.07, 6.45) is 1.99. The number of hydrogen-bond acceptors (Lipinski definition) is 2. The summed E-state index contributed by atoms with van der Waals surface area (Å²) in [4.78, 5) is 0. The molecule has 0 saturated heterocycles. The summed E-state index contributed by atoms with van der Waals surface area (Å²) in [6, 6.07) is 2.04. The van der Waals surface area contributed by atoms with Gasteiger partial charge in [0.15, 0.2) is 0 Å². The van der Waals surface area contributed by atoms with E-state index in [-0.39, 0.29) is 16.2 Å². The summed E-state index contributed by atoms with van der Waals surface area (Å²) < 4.78 is 26.6. The first-order valence-electron chi connectivity index (χ1n) is 5.17. The zero-order valence-electron chi connectivity index (χ0n) is 8.51. The molecule has 2 N–H and O–H groups in total. The van der Waals surface area contributed by atoms with E-state index in [0.29, 0.717) is 0 Å². The van der Waals surface area contributed by atoms with Crippen molar-refractivity contribution in [1.82, 2.24) is 0 Å². The summed E-state index contributed by atoms with van der Waals surface area (Å²) in [6.45, 7) is 0. The number of halogens is 3. The van der Waals surface area contributed by atoms with Crippen molar-refractivity contribution in [2.45, 2.75) is 31.4 Å². The first-order chi connectivity index (χ1) is 7.58. The lowest BCUT2D eigenvalue weighted by Gasteiger charge is -2.18. The van der Waals surface area contributed by atoms with Gasteiger partial charge in [0.2, 0.25) is 0 Å². The van der Waals surface area contributed by atoms with Gasteiger partial charge in [0.25, 0.3) is 0 Å². The summed E-state index contributed by atoms with van der Waals surface area (Å²) in [5, 5.41) is 12.5. The molecule has 88 valence electrons. The molecule has 0 radical (unpaired) electrons. The Labute approximate surface area is 101 Å². The minimum Gasteiger partial charge on any atom is -0.391 e. The van der Waals surface area contributed by atoms with Gasteiger partial charge >= 0.3 is 0 Å². The number of aliphatic hydroxyl groups excluding tert-OH is 1. The van der Waals surface area contributed by atoms with Gasteiger partial charge in [-0.05, 0) is 41.3 Å². The largest absolute Gasteiger partial charge is 0.391 e. The van der Waals surface area contributed by atoms with Crippen molar-refractivity contribution in [3.63, 3.8) is 0 Å². The predicted molar refractivity (Wildman–Crippen MR) is 61.3 cm³/mol. The first-order valence-corrected chi connectivity index (χ1v) is 5.96. The predicted octanol–water partition coefficient (Wildman–Crippen LogP) is 3.05. The monoisotopic (exact) mass is 291 g/mol. The molecule has 0 unspecified atom stereocenters. The summed E-state index contributed by atoms with van der Waals surface area (Å²) in [5.74, 6) is -1.27. The number of anilines is 1. The average Bonchev–Trinajstić information content (AvgIpc) is 2.61. The highest BCUT2D eigenvalue weighted by Crippen LogP contribution is 2.28. The van der Waals surface area contributed by atoms with Crippen molar-refractivity contribution in [3.05, 3.63) is 28.2 Å². The first kappa shape index (κ1) is 11.8. The van der Waals surface area contributed by atoms with E-state index >= 15 is 0 Å². The lowest BCUT2D eigenvalue weighted by atomic mass is 10.2. The second-order valence-corrected chi connectivity index (χ2v) is 4.85. The van der Waals surface area contributed by atoms with E-state index in [1.54, 1.807) is 0 Å². The second kappa shape index (κ2) is 4.67. The van der Waals surface area contributed by atoms with Gasteiger partial charge in [0.05, 0.1) is 22.3 Å². The third-order valence-corrected chi connectivity index (χ3v) is 3.44. The minimum atomic E-state index is -0.639. The highest BCUT2D eigenvalue weighted by molar-refractivity contribution is 9.10. The van der Waals surface area contributed by atoms with E-state index in [9.17, 15) is 13.9 Å². The molecule has 2 rings (SSSR count). The Hall–Kier alpha value is -0.680. The summed E-state index contributed by atoms with van der Waals surface area (Å²) >= 11 is 3.00. The van der Waals surface area contributed by atoms with E-state index in [2.05, 4.69) is 21.2 Å². The fourth-order valence-corrected chi connectivity index (χ4v) is 2.29. The molecule has 1 aromatic rings. The van der Waals surface area contributed by atoms with Crippen molar-refractivity contribution in [1.29, 1.82) is 0 Å². The SMILES string of the molecule is O[C@H]1CCC[C@@H]1Nc1cc(Br)c(F)cc1F. The van der Waals surface area contributed by atoms with Gasteiger partial charge in [0.1, 0.15) is 11.6 Å². The van der Waals surface area contributed by atoms with Gasteiger partial charge in [-0.3, -0.25) is 0 Å². The number of nitrogens with one attached hydrogen (secondary N) is 1. The van der Waals surface area contributed by atoms with Crippen LogP contribution in [0.4, 0.5) is 14.5 Å². The highest BCUT2D eigenvalue weighted by Gasteiger charge is 2.25. The van der Waals surface area contributed by atoms with Gasteiger partial charge in [-0.25, -0.2) is 8.78 Å². The Morgan fingerprint density at radius 2 is 2.00 bits per heavy atom. The smallest absolute Gasteiger partial charge is 0.149 e. The molecule has 0 spiro atoms. The van der Waals surface area contributed by atoms with Gasteiger partial charge in [0, 0.05) is 6.07 Å². The molecule has 0 aliphatic heterocycles. The quantitative estimate of drug-likeness (QED) is 0.821. The topological polar surface area (TPSA) is 32.3 Å². The lowest BCUT2D eigenvalue weighted by molar-refractivity contribution is 0.171. The van der Waals surface area contributed by atoms with Crippen LogP contribution in [0.2, 0.25) is 0 Å². The molecule has 16 heavy (non-hydrogen) atoms. The van der Waals surface area contributed by atoms with Crippen LogP contribution in [0.1, 0.15) is 19.3 Å². The molecule has 1 saturated carbocycles. The van der Waals surface area contributed by atoms with Crippen LogP contribution in [-0.2, 0) is 0 Å². The van der Waals surface area contributed by atoms with Crippen LogP contribution in [0.15, 0.2) is 16.6 Å². The van der Waals surface area contributed by atoms with Gasteiger partial charge in [-0.1, -0.05) is 0 Å². The Morgan fingerprint density at radius 3 is 2.62 bits per heavy atom. The normalized spacial score (nSPS) is 24.8. The van der Waals surface area contributed by atoms with Crippen molar-refractivity contribution >= 4 is 21.6 Å². The maximum atomic E-state index is 13.4. The summed E-state index contributed by atoms with van der Waals surface area (Å²) in [7, 11) is 0. The average molecular weight is 292 g/mol. The molecule has 2 nitrogen and oxygen atoms in total. The van der Waals surface area contributed by atoms with Crippen LogP contribution in [0.3, 0.4) is 0 Å². The van der Waals surface area contributed by atoms with E-state index in [1.165, 1.54) is 6.07 Å². The lowest BCUT2D eigenvalue weighted by Crippen LogP contribution is -2.28. The van der Waals surface area contributed by atoms with Crippen molar-refractivity contribution in [2.75, 3.05) is 5.32 Å². The van der Waals surface area contributed by atoms with Crippen LogP contribution in [-0.4, -0.2) is 17.3 Å². The Bertz CT molecular complexity index is 400. The maximum absolute atomic E-state index is 13.4. The molecular formula is C11H12BrF2NO. The molecule has 5 heteroatoms. The van der Waals surface area contributed by atoms with Crippen LogP contribution in [0.25, 0.3) is 0 Å². The molecule has 1 aliphatic carbocycles. The number of benzene rings is 1. The molecule has 1 aliphatic rings. The standard InChI is InChI=1S/C11H12BrF2NO/c12-6-4-10(8(14)5-7(6)13)15-9-2-1-3-11(9)16/h4-5,9,11,15-16H,1-3H2/t9-,11-/m0/s1. The highest BCUT2D eigenvalue weighted by atomic mass is 79.9. The zero-order valence-corrected chi connectivity index (χ0v) is 10.1. The minimum absolute atomic E-state index is 0.146. The molecular weight excluding hydrogens is 280 g/mol. The molecule has 0 bridgehead atoms. The maximum Gasteiger partial charge on any atom is 0.149 e. The fourth-order valence-electron chi connectivity index (χ4n) is 1.94. The molecule has 0 amide bonds. The Balaban J connectivity index is 2.18.